The van der Waals surface area contributed by atoms with Crippen LogP contribution in [0.1, 0.15) is 55.3 Å². The molecule has 2 N–H and O–H groups in total. The third-order valence-electron chi connectivity index (χ3n) is 8.50. The van der Waals surface area contributed by atoms with Gasteiger partial charge in [-0.3, -0.25) is 4.79 Å². The molecule has 11 heteroatoms. The monoisotopic (exact) mass is 726 g/mol. The normalized spacial score (nSPS) is 14.3. The third kappa shape index (κ3) is 10.6. The molecule has 256 valence electrons. The minimum atomic E-state index is -4.48. The molecule has 7 nitrogen and oxygen atoms in total. The first-order chi connectivity index (χ1) is 22.9. The average Bonchev–Trinajstić information content (AvgIpc) is 3.37. The zero-order valence-corrected chi connectivity index (χ0v) is 29.3. The largest absolute Gasteiger partial charge is 0.493 e. The number of likely N-dealkylation sites (N-methyl/N-ethyl adjacent to an activating group) is 1. The van der Waals surface area contributed by atoms with Crippen molar-refractivity contribution in [1.82, 2.24) is 10.2 Å². The molecule has 3 aromatic rings. The molecule has 0 fully saturated rings. The Morgan fingerprint density at radius 3 is 2.38 bits per heavy atom. The number of hydrogen-bond acceptors (Lipinski definition) is 5. The Hall–Kier alpha value is -3.85. The lowest BCUT2D eigenvalue weighted by molar-refractivity contribution is -0.890. The standard InChI is InChI=1S/C37H43BrF3N5O2/c1-4-45-26-33(44-31-11-8-10-29(24-31)37(39,40)41)34(36(45)47)35(28-14-12-27(25-42)13-15-28)43-20-6-5-7-21-46(2,3)22-9-23-48-32-18-16-30(38)17-19-32/h8,10-19,24,35,43H,4-7,9,20-23,26H2,1-3H3/p+1/t35-/m1/s1. The number of benzene rings is 3. The maximum Gasteiger partial charge on any atom is 0.416 e. The highest BCUT2D eigenvalue weighted by Crippen LogP contribution is 2.34. The van der Waals surface area contributed by atoms with Gasteiger partial charge in [0.25, 0.3) is 5.91 Å². The fourth-order valence-corrected chi connectivity index (χ4v) is 6.07. The topological polar surface area (TPSA) is 77.4 Å². The van der Waals surface area contributed by atoms with Crippen LogP contribution in [0.2, 0.25) is 0 Å². The Bertz CT molecular complexity index is 1580. The van der Waals surface area contributed by atoms with Crippen molar-refractivity contribution in [3.63, 3.8) is 0 Å². The van der Waals surface area contributed by atoms with Crippen LogP contribution in [0.25, 0.3) is 0 Å². The number of hydrogen-bond donors (Lipinski definition) is 2. The summed E-state index contributed by atoms with van der Waals surface area (Å²) in [7, 11) is 4.46. The van der Waals surface area contributed by atoms with E-state index in [-0.39, 0.29) is 18.1 Å². The highest BCUT2D eigenvalue weighted by Gasteiger charge is 2.36. The van der Waals surface area contributed by atoms with Crippen LogP contribution in [-0.2, 0) is 11.0 Å². The summed E-state index contributed by atoms with van der Waals surface area (Å²) in [5.74, 6) is 0.698. The van der Waals surface area contributed by atoms with Gasteiger partial charge in [-0.05, 0) is 92.9 Å². The fourth-order valence-electron chi connectivity index (χ4n) is 5.80. The van der Waals surface area contributed by atoms with Crippen LogP contribution in [0.15, 0.2) is 88.5 Å². The van der Waals surface area contributed by atoms with Crippen molar-refractivity contribution in [3.05, 3.63) is 105 Å². The van der Waals surface area contributed by atoms with Gasteiger partial charge in [0.1, 0.15) is 5.75 Å². The third-order valence-corrected chi connectivity index (χ3v) is 9.03. The zero-order valence-electron chi connectivity index (χ0n) is 27.7. The number of alkyl halides is 3. The van der Waals surface area contributed by atoms with Crippen molar-refractivity contribution < 1.29 is 27.2 Å². The minimum Gasteiger partial charge on any atom is -0.493 e. The number of anilines is 1. The molecule has 0 unspecified atom stereocenters. The van der Waals surface area contributed by atoms with Gasteiger partial charge in [-0.2, -0.15) is 18.4 Å². The number of carbonyl (C=O) groups is 1. The van der Waals surface area contributed by atoms with Gasteiger partial charge < -0.3 is 24.8 Å². The van der Waals surface area contributed by atoms with Gasteiger partial charge in [0, 0.05) is 28.8 Å². The van der Waals surface area contributed by atoms with Crippen LogP contribution in [0.5, 0.6) is 5.75 Å². The van der Waals surface area contributed by atoms with E-state index in [1.54, 1.807) is 23.1 Å². The summed E-state index contributed by atoms with van der Waals surface area (Å²) >= 11 is 3.44. The SMILES string of the molecule is CCN1CC(Nc2cccc(C(F)(F)F)c2)=C([C@H](NCCCCC[N+](C)(C)CCCOc2ccc(Br)cc2)c2ccc(C#N)cc2)C1=O. The summed E-state index contributed by atoms with van der Waals surface area (Å²) < 4.78 is 48.1. The maximum absolute atomic E-state index is 13.7. The van der Waals surface area contributed by atoms with Crippen LogP contribution >= 0.6 is 15.9 Å². The van der Waals surface area contributed by atoms with Gasteiger partial charge in [-0.25, -0.2) is 0 Å². The van der Waals surface area contributed by atoms with Gasteiger partial charge in [-0.15, -0.1) is 0 Å². The maximum atomic E-state index is 13.7. The fraction of sp³-hybridized carbons (Fsp3) is 0.405. The Morgan fingerprint density at radius 1 is 1.00 bits per heavy atom. The van der Waals surface area contributed by atoms with E-state index in [2.05, 4.69) is 46.7 Å². The molecule has 1 amide bonds. The molecule has 0 bridgehead atoms. The summed E-state index contributed by atoms with van der Waals surface area (Å²) in [5, 5.41) is 16.0. The molecule has 0 saturated carbocycles. The van der Waals surface area contributed by atoms with Crippen molar-refractivity contribution in [2.45, 2.75) is 44.8 Å². The smallest absolute Gasteiger partial charge is 0.416 e. The number of halogens is 4. The molecule has 0 saturated heterocycles. The van der Waals surface area contributed by atoms with Crippen LogP contribution < -0.4 is 15.4 Å². The first kappa shape index (κ1) is 37.0. The van der Waals surface area contributed by atoms with Gasteiger partial charge in [-0.1, -0.05) is 34.1 Å². The second kappa shape index (κ2) is 17.0. The lowest BCUT2D eigenvalue weighted by Gasteiger charge is -2.30. The number of unbranched alkanes of at least 4 members (excludes halogenated alkanes) is 2. The number of nitriles is 1. The molecule has 0 aliphatic carbocycles. The number of rotatable bonds is 17. The summed E-state index contributed by atoms with van der Waals surface area (Å²) in [5.41, 5.74) is 1.85. The molecule has 0 spiro atoms. The minimum absolute atomic E-state index is 0.169. The predicted molar refractivity (Wildman–Crippen MR) is 186 cm³/mol. The van der Waals surface area contributed by atoms with Gasteiger partial charge in [0.05, 0.1) is 69.1 Å². The van der Waals surface area contributed by atoms with Crippen molar-refractivity contribution in [3.8, 4) is 11.8 Å². The van der Waals surface area contributed by atoms with Crippen LogP contribution in [0, 0.1) is 11.3 Å². The van der Waals surface area contributed by atoms with Crippen molar-refractivity contribution in [1.29, 1.82) is 5.26 Å². The molecule has 0 aromatic heterocycles. The zero-order chi connectivity index (χ0) is 34.7. The first-order valence-corrected chi connectivity index (χ1v) is 17.1. The highest BCUT2D eigenvalue weighted by atomic mass is 79.9. The second-order valence-corrected chi connectivity index (χ2v) is 13.6. The molecule has 1 heterocycles. The van der Waals surface area contributed by atoms with Gasteiger partial charge in [0.2, 0.25) is 0 Å². The molecule has 48 heavy (non-hydrogen) atoms. The van der Waals surface area contributed by atoms with Crippen LogP contribution in [0.4, 0.5) is 18.9 Å². The van der Waals surface area contributed by atoms with E-state index in [0.29, 0.717) is 36.5 Å². The van der Waals surface area contributed by atoms with Crippen LogP contribution in [-0.4, -0.2) is 68.7 Å². The molecule has 4 rings (SSSR count). The van der Waals surface area contributed by atoms with E-state index in [1.807, 2.05) is 43.3 Å². The summed E-state index contributed by atoms with van der Waals surface area (Å²) in [4.78, 5) is 15.4. The molecule has 1 atom stereocenters. The lowest BCUT2D eigenvalue weighted by Crippen LogP contribution is -2.41. The number of nitrogens with one attached hydrogen (secondary N) is 2. The predicted octanol–water partition coefficient (Wildman–Crippen LogP) is 7.91. The van der Waals surface area contributed by atoms with E-state index < -0.39 is 17.8 Å². The summed E-state index contributed by atoms with van der Waals surface area (Å²) in [6.45, 7) is 5.93. The first-order valence-electron chi connectivity index (χ1n) is 16.3. The van der Waals surface area contributed by atoms with Crippen LogP contribution in [0.3, 0.4) is 0 Å². The Balaban J connectivity index is 1.39. The van der Waals surface area contributed by atoms with Crippen molar-refractivity contribution in [2.75, 3.05) is 58.7 Å². The van der Waals surface area contributed by atoms with E-state index in [9.17, 15) is 23.2 Å². The number of ether oxygens (including phenoxy) is 1. The Labute approximate surface area is 290 Å². The van der Waals surface area contributed by atoms with E-state index in [0.717, 1.165) is 71.2 Å². The summed E-state index contributed by atoms with van der Waals surface area (Å²) in [6, 6.07) is 21.6. The molecule has 0 radical (unpaired) electrons. The number of amides is 1. The number of nitrogens with zero attached hydrogens (tertiary/aromatic N) is 3. The molecule has 1 aliphatic rings. The molecular weight excluding hydrogens is 683 g/mol. The Kier molecular flexibility index (Phi) is 13.1. The average molecular weight is 728 g/mol. The second-order valence-electron chi connectivity index (χ2n) is 12.6. The van der Waals surface area contributed by atoms with Crippen molar-refractivity contribution in [2.24, 2.45) is 0 Å². The quantitative estimate of drug-likeness (QED) is 0.109. The lowest BCUT2D eigenvalue weighted by atomic mass is 9.96. The molecular formula is C37H44BrF3N5O2+. The van der Waals surface area contributed by atoms with Gasteiger partial charge in [0.15, 0.2) is 0 Å². The summed E-state index contributed by atoms with van der Waals surface area (Å²) in [6.07, 6.45) is -0.614. The highest BCUT2D eigenvalue weighted by molar-refractivity contribution is 9.10. The van der Waals surface area contributed by atoms with Gasteiger partial charge >= 0.3 is 6.18 Å². The number of quaternary nitrogens is 1. The van der Waals surface area contributed by atoms with E-state index in [4.69, 9.17) is 4.74 Å². The molecule has 1 aliphatic heterocycles. The molecule has 3 aromatic carbocycles. The van der Waals surface area contributed by atoms with E-state index in [1.165, 1.54) is 6.07 Å². The van der Waals surface area contributed by atoms with Crippen molar-refractivity contribution >= 4 is 27.5 Å². The number of carbonyl (C=O) groups excluding carboxylic acids is 1. The Morgan fingerprint density at radius 2 is 1.71 bits per heavy atom. The van der Waals surface area contributed by atoms with E-state index >= 15 is 0 Å².